The molecule has 7 nitrogen and oxygen atoms in total. The van der Waals surface area contributed by atoms with Crippen molar-refractivity contribution < 1.29 is 0 Å². The summed E-state index contributed by atoms with van der Waals surface area (Å²) in [5.41, 5.74) is 8.32. The van der Waals surface area contributed by atoms with Gasteiger partial charge in [0.25, 0.3) is 0 Å². The maximum atomic E-state index is 5.08. The predicted molar refractivity (Wildman–Crippen MR) is 149 cm³/mol. The number of tetrazole rings is 1. The van der Waals surface area contributed by atoms with Gasteiger partial charge in [0.05, 0.1) is 0 Å². The van der Waals surface area contributed by atoms with Crippen LogP contribution in [0.5, 0.6) is 0 Å². The first-order chi connectivity index (χ1) is 18.2. The van der Waals surface area contributed by atoms with Crippen molar-refractivity contribution in [2.75, 3.05) is 0 Å². The van der Waals surface area contributed by atoms with E-state index in [1.807, 2.05) is 18.2 Å². The molecule has 0 unspecified atom stereocenters. The average molecular weight is 494 g/mol. The van der Waals surface area contributed by atoms with Crippen LogP contribution in [0.1, 0.15) is 69.0 Å². The van der Waals surface area contributed by atoms with Gasteiger partial charge in [-0.1, -0.05) is 81.8 Å². The number of imidazole rings is 1. The molecule has 0 fully saturated rings. The maximum absolute atomic E-state index is 5.08. The molecule has 0 bridgehead atoms. The molecule has 3 aromatic heterocycles. The van der Waals surface area contributed by atoms with Crippen LogP contribution in [0.2, 0.25) is 0 Å². The van der Waals surface area contributed by atoms with Gasteiger partial charge < -0.3 is 0 Å². The van der Waals surface area contributed by atoms with Crippen LogP contribution in [0.4, 0.5) is 0 Å². The lowest BCUT2D eigenvalue weighted by Gasteiger charge is -2.12. The molecular formula is C30H35N7. The highest BCUT2D eigenvalue weighted by Crippen LogP contribution is 2.31. The summed E-state index contributed by atoms with van der Waals surface area (Å²) in [6, 6.07) is 18.9. The van der Waals surface area contributed by atoms with Gasteiger partial charge in [-0.15, -0.1) is 10.2 Å². The lowest BCUT2D eigenvalue weighted by Crippen LogP contribution is -2.03. The molecule has 0 aliphatic heterocycles. The molecule has 0 aliphatic carbocycles. The van der Waals surface area contributed by atoms with Crippen molar-refractivity contribution in [2.24, 2.45) is 0 Å². The molecule has 0 radical (unpaired) electrons. The summed E-state index contributed by atoms with van der Waals surface area (Å²) < 4.78 is 2.25. The highest BCUT2D eigenvalue weighted by atomic mass is 15.5. The fraction of sp³-hybridized carbons (Fsp3) is 0.367. The first kappa shape index (κ1) is 24.8. The number of hydrogen-bond donors (Lipinski definition) is 1. The van der Waals surface area contributed by atoms with Crippen molar-refractivity contribution in [1.82, 2.24) is 35.2 Å². The smallest absolute Gasteiger partial charge is 0.205 e. The summed E-state index contributed by atoms with van der Waals surface area (Å²) in [4.78, 5) is 9.99. The molecule has 0 saturated heterocycles. The van der Waals surface area contributed by atoms with Crippen LogP contribution < -0.4 is 0 Å². The largest absolute Gasteiger partial charge is 0.281 e. The summed E-state index contributed by atoms with van der Waals surface area (Å²) in [7, 11) is 0. The number of nitrogens with one attached hydrogen (secondary N) is 1. The number of benzene rings is 2. The molecule has 0 atom stereocenters. The fourth-order valence-electron chi connectivity index (χ4n) is 5.08. The summed E-state index contributed by atoms with van der Waals surface area (Å²) in [6.45, 7) is 6.45. The Morgan fingerprint density at radius 2 is 1.54 bits per heavy atom. The maximum Gasteiger partial charge on any atom is 0.205 e. The fourth-order valence-corrected chi connectivity index (χ4v) is 5.08. The SMILES string of the molecule is CCCCCCCCCc1nc2c(C)cc(C)nc2n1-c1ccc(-c2ccccc2-c2nn[nH]n2)cc1. The van der Waals surface area contributed by atoms with Crippen LogP contribution in [-0.4, -0.2) is 35.2 Å². The van der Waals surface area contributed by atoms with Crippen LogP contribution in [0.3, 0.4) is 0 Å². The Kier molecular flexibility index (Phi) is 7.68. The minimum atomic E-state index is 0.590. The molecule has 5 rings (SSSR count). The van der Waals surface area contributed by atoms with Crippen molar-refractivity contribution >= 4 is 11.2 Å². The molecule has 7 heteroatoms. The van der Waals surface area contributed by atoms with Gasteiger partial charge in [0.2, 0.25) is 5.82 Å². The van der Waals surface area contributed by atoms with E-state index >= 15 is 0 Å². The second-order valence-electron chi connectivity index (χ2n) is 9.82. The Morgan fingerprint density at radius 3 is 2.27 bits per heavy atom. The molecule has 2 aromatic carbocycles. The number of hydrogen-bond acceptors (Lipinski definition) is 5. The third kappa shape index (κ3) is 5.45. The summed E-state index contributed by atoms with van der Waals surface area (Å²) in [6.07, 6.45) is 9.94. The number of rotatable bonds is 11. The summed E-state index contributed by atoms with van der Waals surface area (Å²) in [5.74, 6) is 1.68. The summed E-state index contributed by atoms with van der Waals surface area (Å²) in [5, 5.41) is 14.6. The Labute approximate surface area is 218 Å². The number of nitrogens with zero attached hydrogens (tertiary/aromatic N) is 6. The Balaban J connectivity index is 1.45. The molecule has 0 spiro atoms. The van der Waals surface area contributed by atoms with E-state index in [-0.39, 0.29) is 0 Å². The van der Waals surface area contributed by atoms with Crippen molar-refractivity contribution in [3.05, 3.63) is 71.7 Å². The first-order valence-electron chi connectivity index (χ1n) is 13.4. The third-order valence-electron chi connectivity index (χ3n) is 6.96. The van der Waals surface area contributed by atoms with Crippen molar-refractivity contribution in [3.63, 3.8) is 0 Å². The quantitative estimate of drug-likeness (QED) is 0.197. The van der Waals surface area contributed by atoms with Gasteiger partial charge in [0, 0.05) is 23.4 Å². The Morgan fingerprint density at radius 1 is 0.811 bits per heavy atom. The molecule has 3 heterocycles. The predicted octanol–water partition coefficient (Wildman–Crippen LogP) is 7.18. The molecule has 5 aromatic rings. The van der Waals surface area contributed by atoms with Crippen molar-refractivity contribution in [3.8, 4) is 28.2 Å². The topological polar surface area (TPSA) is 85.2 Å². The van der Waals surface area contributed by atoms with E-state index in [9.17, 15) is 0 Å². The highest BCUT2D eigenvalue weighted by Gasteiger charge is 2.17. The molecule has 190 valence electrons. The number of H-pyrrole nitrogens is 1. The highest BCUT2D eigenvalue weighted by molar-refractivity contribution is 5.81. The lowest BCUT2D eigenvalue weighted by molar-refractivity contribution is 0.583. The number of aromatic nitrogens is 7. The van der Waals surface area contributed by atoms with Gasteiger partial charge in [-0.3, -0.25) is 4.57 Å². The van der Waals surface area contributed by atoms with Crippen molar-refractivity contribution in [1.29, 1.82) is 0 Å². The van der Waals surface area contributed by atoms with Crippen LogP contribution in [0.25, 0.3) is 39.4 Å². The van der Waals surface area contributed by atoms with Gasteiger partial charge in [-0.05, 0) is 60.4 Å². The van der Waals surface area contributed by atoms with Gasteiger partial charge in [-0.2, -0.15) is 5.21 Å². The van der Waals surface area contributed by atoms with E-state index in [0.717, 1.165) is 57.9 Å². The summed E-state index contributed by atoms with van der Waals surface area (Å²) >= 11 is 0. The number of aromatic amines is 1. The number of pyridine rings is 1. The lowest BCUT2D eigenvalue weighted by atomic mass is 9.99. The average Bonchev–Trinajstić information content (AvgIpc) is 3.57. The monoisotopic (exact) mass is 493 g/mol. The van der Waals surface area contributed by atoms with Crippen LogP contribution in [0.15, 0.2) is 54.6 Å². The third-order valence-corrected chi connectivity index (χ3v) is 6.96. The van der Waals surface area contributed by atoms with Gasteiger partial charge in [-0.25, -0.2) is 9.97 Å². The van der Waals surface area contributed by atoms with E-state index < -0.39 is 0 Å². The van der Waals surface area contributed by atoms with Gasteiger partial charge >= 0.3 is 0 Å². The van der Waals surface area contributed by atoms with Gasteiger partial charge in [0.1, 0.15) is 11.3 Å². The van der Waals surface area contributed by atoms with Crippen LogP contribution in [0, 0.1) is 13.8 Å². The first-order valence-corrected chi connectivity index (χ1v) is 13.4. The molecule has 1 N–H and O–H groups in total. The molecule has 0 amide bonds. The van der Waals surface area contributed by atoms with Gasteiger partial charge in [0.15, 0.2) is 5.65 Å². The standard InChI is InChI=1S/C30H35N7/c1-4-5-6-7-8-9-10-15-27-32-28-21(2)20-22(3)31-30(28)37(27)24-18-16-23(17-19-24)25-13-11-12-14-26(25)29-33-35-36-34-29/h11-14,16-20H,4-10,15H2,1-3H3,(H,33,34,35,36). The van der Waals surface area contributed by atoms with E-state index in [2.05, 4.69) is 82.4 Å². The number of unbranched alkanes of at least 4 members (excludes halogenated alkanes) is 6. The van der Waals surface area contributed by atoms with E-state index in [0.29, 0.717) is 5.82 Å². The zero-order valence-corrected chi connectivity index (χ0v) is 22.0. The second-order valence-corrected chi connectivity index (χ2v) is 9.82. The zero-order chi connectivity index (χ0) is 25.6. The molecule has 0 saturated carbocycles. The molecule has 0 aliphatic rings. The van der Waals surface area contributed by atoms with Crippen LogP contribution in [-0.2, 0) is 6.42 Å². The van der Waals surface area contributed by atoms with E-state index in [4.69, 9.17) is 9.97 Å². The minimum absolute atomic E-state index is 0.590. The van der Waals surface area contributed by atoms with Crippen molar-refractivity contribution in [2.45, 2.75) is 72.1 Å². The van der Waals surface area contributed by atoms with E-state index in [1.165, 1.54) is 44.1 Å². The van der Waals surface area contributed by atoms with Crippen LogP contribution >= 0.6 is 0 Å². The molecule has 37 heavy (non-hydrogen) atoms. The van der Waals surface area contributed by atoms with E-state index in [1.54, 1.807) is 0 Å². The second kappa shape index (κ2) is 11.5. The normalized spacial score (nSPS) is 11.4. The number of fused-ring (bicyclic) bond motifs is 1. The number of aryl methyl sites for hydroxylation is 3. The molecular weight excluding hydrogens is 458 g/mol. The zero-order valence-electron chi connectivity index (χ0n) is 22.0. The minimum Gasteiger partial charge on any atom is -0.281 e. The Hall–Kier alpha value is -3.87. The Bertz CT molecular complexity index is 1450.